The third-order valence-electron chi connectivity index (χ3n) is 3.93. The van der Waals surface area contributed by atoms with E-state index in [1.54, 1.807) is 29.2 Å². The molecule has 0 unspecified atom stereocenters. The number of carbonyl (C=O) groups is 1. The highest BCUT2D eigenvalue weighted by atomic mass is 32.2. The monoisotopic (exact) mass is 395 g/mol. The van der Waals surface area contributed by atoms with Gasteiger partial charge in [0.1, 0.15) is 0 Å². The number of sulfonamides is 2. The fourth-order valence-electron chi connectivity index (χ4n) is 2.69. The van der Waals surface area contributed by atoms with Gasteiger partial charge in [-0.1, -0.05) is 12.1 Å². The van der Waals surface area contributed by atoms with Gasteiger partial charge in [-0.25, -0.2) is 22.0 Å². The molecule has 0 bridgehead atoms. The van der Waals surface area contributed by atoms with E-state index in [1.165, 1.54) is 18.2 Å². The van der Waals surface area contributed by atoms with E-state index in [0.29, 0.717) is 18.7 Å². The van der Waals surface area contributed by atoms with Gasteiger partial charge in [-0.15, -0.1) is 0 Å². The molecule has 1 aliphatic heterocycles. The number of hydrogen-bond donors (Lipinski definition) is 2. The van der Waals surface area contributed by atoms with Gasteiger partial charge in [-0.2, -0.15) is 0 Å². The van der Waals surface area contributed by atoms with Crippen molar-refractivity contribution >= 4 is 37.3 Å². The second-order valence-corrected chi connectivity index (χ2v) is 9.07. The molecule has 0 saturated carbocycles. The first-order chi connectivity index (χ1) is 12.2. The van der Waals surface area contributed by atoms with Crippen LogP contribution in [0.1, 0.15) is 12.8 Å². The van der Waals surface area contributed by atoms with Crippen LogP contribution in [0.3, 0.4) is 0 Å². The predicted molar refractivity (Wildman–Crippen MR) is 96.7 cm³/mol. The van der Waals surface area contributed by atoms with Crippen molar-refractivity contribution in [3.8, 4) is 0 Å². The molecular formula is C16H17N3O5S2. The molecule has 0 aromatic heterocycles. The summed E-state index contributed by atoms with van der Waals surface area (Å²) in [7, 11) is -8.04. The third kappa shape index (κ3) is 3.87. The average molecular weight is 395 g/mol. The molecule has 1 fully saturated rings. The summed E-state index contributed by atoms with van der Waals surface area (Å²) in [4.78, 5) is 12.9. The summed E-state index contributed by atoms with van der Waals surface area (Å²) >= 11 is 0. The SMILES string of the molecule is NS(=O)(=O)c1cccc(S(=O)(=O)Nc2cccc(N3CCCC3=O)c2)c1. The molecule has 1 aliphatic rings. The van der Waals surface area contributed by atoms with Crippen molar-refractivity contribution in [2.75, 3.05) is 16.2 Å². The zero-order chi connectivity index (χ0) is 18.9. The Morgan fingerprint density at radius 3 is 2.31 bits per heavy atom. The topological polar surface area (TPSA) is 127 Å². The highest BCUT2D eigenvalue weighted by molar-refractivity contribution is 7.93. The van der Waals surface area contributed by atoms with E-state index in [4.69, 9.17) is 5.14 Å². The Bertz CT molecular complexity index is 1060. The van der Waals surface area contributed by atoms with Crippen LogP contribution in [0.2, 0.25) is 0 Å². The first kappa shape index (κ1) is 18.4. The van der Waals surface area contributed by atoms with E-state index in [9.17, 15) is 21.6 Å². The second kappa shape index (κ2) is 6.71. The molecule has 3 N–H and O–H groups in total. The molecule has 0 aliphatic carbocycles. The highest BCUT2D eigenvalue weighted by Crippen LogP contribution is 2.26. The van der Waals surface area contributed by atoms with Gasteiger partial charge >= 0.3 is 0 Å². The number of rotatable bonds is 5. The van der Waals surface area contributed by atoms with Gasteiger partial charge in [0.2, 0.25) is 15.9 Å². The van der Waals surface area contributed by atoms with Crippen molar-refractivity contribution in [1.29, 1.82) is 0 Å². The standard InChI is InChI=1S/C16H17N3O5S2/c17-25(21,22)14-6-2-7-15(11-14)26(23,24)18-12-4-1-5-13(10-12)19-9-3-8-16(19)20/h1-2,4-7,10-11,18H,3,8-9H2,(H2,17,21,22). The number of nitrogens with one attached hydrogen (secondary N) is 1. The summed E-state index contributed by atoms with van der Waals surface area (Å²) in [6.45, 7) is 0.589. The summed E-state index contributed by atoms with van der Waals surface area (Å²) in [6, 6.07) is 11.2. The Morgan fingerprint density at radius 1 is 0.962 bits per heavy atom. The molecule has 26 heavy (non-hydrogen) atoms. The lowest BCUT2D eigenvalue weighted by Gasteiger charge is -2.17. The molecule has 8 nitrogen and oxygen atoms in total. The predicted octanol–water partition coefficient (Wildman–Crippen LogP) is 1.26. The number of benzene rings is 2. The van der Waals surface area contributed by atoms with Gasteiger partial charge in [-0.05, 0) is 42.8 Å². The summed E-state index contributed by atoms with van der Waals surface area (Å²) in [6.07, 6.45) is 1.23. The number of primary sulfonamides is 1. The molecule has 2 aromatic carbocycles. The lowest BCUT2D eigenvalue weighted by Crippen LogP contribution is -2.23. The van der Waals surface area contributed by atoms with E-state index in [0.717, 1.165) is 12.5 Å². The third-order valence-corrected chi connectivity index (χ3v) is 6.22. The molecule has 1 saturated heterocycles. The van der Waals surface area contributed by atoms with E-state index >= 15 is 0 Å². The van der Waals surface area contributed by atoms with Gasteiger partial charge in [0.15, 0.2) is 0 Å². The Balaban J connectivity index is 1.90. The summed E-state index contributed by atoms with van der Waals surface area (Å²) in [5, 5.41) is 5.04. The molecular weight excluding hydrogens is 378 g/mol. The van der Waals surface area contributed by atoms with Crippen LogP contribution in [0.25, 0.3) is 0 Å². The number of nitrogens with two attached hydrogens (primary N) is 1. The van der Waals surface area contributed by atoms with Crippen molar-refractivity contribution in [2.45, 2.75) is 22.6 Å². The Labute approximate surface area is 151 Å². The lowest BCUT2D eigenvalue weighted by molar-refractivity contribution is -0.117. The number of amides is 1. The van der Waals surface area contributed by atoms with Crippen molar-refractivity contribution in [1.82, 2.24) is 0 Å². The minimum atomic E-state index is -4.02. The first-order valence-corrected chi connectivity index (χ1v) is 10.8. The Hall–Kier alpha value is -2.43. The second-order valence-electron chi connectivity index (χ2n) is 5.82. The maximum atomic E-state index is 12.6. The average Bonchev–Trinajstić information content (AvgIpc) is 3.00. The maximum Gasteiger partial charge on any atom is 0.261 e. The molecule has 138 valence electrons. The van der Waals surface area contributed by atoms with Crippen LogP contribution >= 0.6 is 0 Å². The summed E-state index contributed by atoms with van der Waals surface area (Å²) in [5.74, 6) is -0.00846. The van der Waals surface area contributed by atoms with Crippen LogP contribution in [0, 0.1) is 0 Å². The van der Waals surface area contributed by atoms with Crippen LogP contribution < -0.4 is 14.8 Å². The van der Waals surface area contributed by atoms with Crippen LogP contribution in [0.15, 0.2) is 58.3 Å². The number of carbonyl (C=O) groups excluding carboxylic acids is 1. The number of nitrogens with zero attached hydrogens (tertiary/aromatic N) is 1. The minimum absolute atomic E-state index is 0.00846. The fraction of sp³-hybridized carbons (Fsp3) is 0.188. The van der Waals surface area contributed by atoms with Crippen LogP contribution in [-0.2, 0) is 24.8 Å². The molecule has 0 atom stereocenters. The van der Waals surface area contributed by atoms with Crippen LogP contribution in [0.5, 0.6) is 0 Å². The van der Waals surface area contributed by atoms with Crippen molar-refractivity contribution < 1.29 is 21.6 Å². The number of hydrogen-bond acceptors (Lipinski definition) is 5. The van der Waals surface area contributed by atoms with E-state index in [1.807, 2.05) is 0 Å². The molecule has 0 spiro atoms. The van der Waals surface area contributed by atoms with Gasteiger partial charge in [0, 0.05) is 18.7 Å². The first-order valence-electron chi connectivity index (χ1n) is 7.73. The Kier molecular flexibility index (Phi) is 4.74. The van der Waals surface area contributed by atoms with Gasteiger partial charge < -0.3 is 4.90 Å². The van der Waals surface area contributed by atoms with Gasteiger partial charge in [-0.3, -0.25) is 9.52 Å². The summed E-state index contributed by atoms with van der Waals surface area (Å²) < 4.78 is 50.3. The molecule has 0 radical (unpaired) electrons. The van der Waals surface area contributed by atoms with Crippen molar-refractivity contribution in [3.63, 3.8) is 0 Å². The Morgan fingerprint density at radius 2 is 1.65 bits per heavy atom. The maximum absolute atomic E-state index is 12.6. The molecule has 2 aromatic rings. The van der Waals surface area contributed by atoms with E-state index in [2.05, 4.69) is 4.72 Å². The van der Waals surface area contributed by atoms with Crippen LogP contribution in [-0.4, -0.2) is 29.3 Å². The van der Waals surface area contributed by atoms with Gasteiger partial charge in [0.25, 0.3) is 10.0 Å². The fourth-order valence-corrected chi connectivity index (χ4v) is 4.42. The van der Waals surface area contributed by atoms with E-state index < -0.39 is 20.0 Å². The zero-order valence-electron chi connectivity index (χ0n) is 13.6. The van der Waals surface area contributed by atoms with Crippen molar-refractivity contribution in [3.05, 3.63) is 48.5 Å². The summed E-state index contributed by atoms with van der Waals surface area (Å²) in [5.41, 5.74) is 0.870. The smallest absolute Gasteiger partial charge is 0.261 e. The van der Waals surface area contributed by atoms with Crippen LogP contribution in [0.4, 0.5) is 11.4 Å². The molecule has 1 amide bonds. The van der Waals surface area contributed by atoms with Gasteiger partial charge in [0.05, 0.1) is 15.5 Å². The van der Waals surface area contributed by atoms with E-state index in [-0.39, 0.29) is 21.4 Å². The molecule has 10 heteroatoms. The minimum Gasteiger partial charge on any atom is -0.312 e. The zero-order valence-corrected chi connectivity index (χ0v) is 15.3. The lowest BCUT2D eigenvalue weighted by atomic mass is 10.2. The normalized spacial score (nSPS) is 15.3. The highest BCUT2D eigenvalue weighted by Gasteiger charge is 2.22. The molecule has 3 rings (SSSR count). The quantitative estimate of drug-likeness (QED) is 0.788. The largest absolute Gasteiger partial charge is 0.312 e. The molecule has 1 heterocycles. The number of anilines is 2. The van der Waals surface area contributed by atoms with Crippen molar-refractivity contribution in [2.24, 2.45) is 5.14 Å².